The molecule has 0 spiro atoms. The zero-order valence-corrected chi connectivity index (χ0v) is 11.3. The average molecular weight is 250 g/mol. The summed E-state index contributed by atoms with van der Waals surface area (Å²) >= 11 is 0. The maximum Gasteiger partial charge on any atom is 0.412 e. The Kier molecular flexibility index (Phi) is 4.06. The number of nitrogens with one attached hydrogen (secondary N) is 1. The van der Waals surface area contributed by atoms with E-state index >= 15 is 0 Å². The smallest absolute Gasteiger partial charge is 0.412 e. The molecule has 18 heavy (non-hydrogen) atoms. The molecule has 0 aliphatic carbocycles. The van der Waals surface area contributed by atoms with E-state index in [4.69, 9.17) is 4.74 Å². The van der Waals surface area contributed by atoms with Gasteiger partial charge in [0, 0.05) is 5.69 Å². The molecule has 0 unspecified atom stereocenters. The number of rotatable bonds is 2. The van der Waals surface area contributed by atoms with Crippen molar-refractivity contribution in [3.63, 3.8) is 0 Å². The van der Waals surface area contributed by atoms with Crippen molar-refractivity contribution in [2.45, 2.75) is 40.2 Å². The van der Waals surface area contributed by atoms with Crippen LogP contribution in [0.2, 0.25) is 0 Å². The van der Waals surface area contributed by atoms with Gasteiger partial charge in [-0.25, -0.2) is 4.79 Å². The van der Waals surface area contributed by atoms with E-state index in [1.54, 1.807) is 40.7 Å². The monoisotopic (exact) mass is 250 g/mol. The van der Waals surface area contributed by atoms with Crippen molar-refractivity contribution in [2.24, 2.45) is 0 Å². The lowest BCUT2D eigenvalue weighted by atomic mass is 10.1. The van der Waals surface area contributed by atoms with E-state index in [9.17, 15) is 9.59 Å². The highest BCUT2D eigenvalue weighted by Gasteiger charge is 2.18. The molecule has 0 aromatic carbocycles. The van der Waals surface area contributed by atoms with Gasteiger partial charge in [-0.3, -0.25) is 15.1 Å². The molecule has 1 amide bonds. The molecule has 0 saturated heterocycles. The highest BCUT2D eigenvalue weighted by Crippen LogP contribution is 2.19. The van der Waals surface area contributed by atoms with E-state index in [2.05, 4.69) is 10.3 Å². The van der Waals surface area contributed by atoms with Crippen molar-refractivity contribution in [1.29, 1.82) is 0 Å². The van der Waals surface area contributed by atoms with Gasteiger partial charge in [0.05, 0.1) is 16.9 Å². The van der Waals surface area contributed by atoms with Crippen LogP contribution in [-0.2, 0) is 4.74 Å². The number of carbonyl (C=O) groups excluding carboxylic acids is 2. The summed E-state index contributed by atoms with van der Waals surface area (Å²) in [6.45, 7) is 8.83. The van der Waals surface area contributed by atoms with Gasteiger partial charge >= 0.3 is 6.09 Å². The van der Waals surface area contributed by atoms with Crippen LogP contribution < -0.4 is 5.32 Å². The van der Waals surface area contributed by atoms with Crippen LogP contribution in [0.5, 0.6) is 0 Å². The Morgan fingerprint density at radius 3 is 2.50 bits per heavy atom. The number of pyridine rings is 1. The van der Waals surface area contributed by atoms with Crippen LogP contribution in [0, 0.1) is 13.8 Å². The Labute approximate surface area is 107 Å². The molecule has 0 aliphatic rings. The summed E-state index contributed by atoms with van der Waals surface area (Å²) < 4.78 is 5.13. The minimum atomic E-state index is -0.587. The van der Waals surface area contributed by atoms with E-state index in [1.165, 1.54) is 0 Å². The number of hydrogen-bond donors (Lipinski definition) is 1. The second-order valence-electron chi connectivity index (χ2n) is 5.06. The molecule has 1 N–H and O–H groups in total. The van der Waals surface area contributed by atoms with E-state index in [-0.39, 0.29) is 0 Å². The third-order valence-corrected chi connectivity index (χ3v) is 2.13. The van der Waals surface area contributed by atoms with Crippen molar-refractivity contribution < 1.29 is 14.3 Å². The van der Waals surface area contributed by atoms with Gasteiger partial charge in [-0.2, -0.15) is 0 Å². The molecule has 1 rings (SSSR count). The third kappa shape index (κ3) is 3.84. The number of hydrogen-bond acceptors (Lipinski definition) is 4. The molecular weight excluding hydrogens is 232 g/mol. The molecule has 5 heteroatoms. The van der Waals surface area contributed by atoms with Crippen LogP contribution in [0.4, 0.5) is 10.5 Å². The van der Waals surface area contributed by atoms with Crippen LogP contribution >= 0.6 is 0 Å². The summed E-state index contributed by atoms with van der Waals surface area (Å²) in [6, 6.07) is 1.64. The largest absolute Gasteiger partial charge is 0.444 e. The Morgan fingerprint density at radius 1 is 1.39 bits per heavy atom. The first-order valence-corrected chi connectivity index (χ1v) is 5.66. The molecule has 0 fully saturated rings. The molecule has 0 bridgehead atoms. The first-order chi connectivity index (χ1) is 8.23. The van der Waals surface area contributed by atoms with Crippen molar-refractivity contribution in [1.82, 2.24) is 4.98 Å². The highest BCUT2D eigenvalue weighted by atomic mass is 16.6. The van der Waals surface area contributed by atoms with Gasteiger partial charge in [-0.15, -0.1) is 0 Å². The molecule has 1 heterocycles. The predicted octanol–water partition coefficient (Wildman–Crippen LogP) is 2.86. The quantitative estimate of drug-likeness (QED) is 0.819. The molecule has 0 atom stereocenters. The summed E-state index contributed by atoms with van der Waals surface area (Å²) in [7, 11) is 0. The molecule has 1 aromatic rings. The number of aryl methyl sites for hydroxylation is 2. The molecular formula is C13H18N2O3. The SMILES string of the molecule is Cc1cc(NC(=O)OC(C)(C)C)c(C=O)c(C)n1. The lowest BCUT2D eigenvalue weighted by Gasteiger charge is -2.20. The molecule has 1 aromatic heterocycles. The number of aldehydes is 1. The van der Waals surface area contributed by atoms with Crippen LogP contribution in [0.1, 0.15) is 42.5 Å². The summed E-state index contributed by atoms with van der Waals surface area (Å²) in [6.07, 6.45) is 0.0877. The lowest BCUT2D eigenvalue weighted by molar-refractivity contribution is 0.0636. The van der Waals surface area contributed by atoms with E-state index < -0.39 is 11.7 Å². The van der Waals surface area contributed by atoms with Crippen LogP contribution in [0.3, 0.4) is 0 Å². The Balaban J connectivity index is 2.97. The number of ether oxygens (including phenoxy) is 1. The van der Waals surface area contributed by atoms with Gasteiger partial charge in [-0.05, 0) is 40.7 Å². The van der Waals surface area contributed by atoms with Crippen molar-refractivity contribution in [2.75, 3.05) is 5.32 Å². The lowest BCUT2D eigenvalue weighted by Crippen LogP contribution is -2.27. The van der Waals surface area contributed by atoms with Gasteiger partial charge in [0.25, 0.3) is 0 Å². The second kappa shape index (κ2) is 5.16. The van der Waals surface area contributed by atoms with Crippen molar-refractivity contribution in [3.8, 4) is 0 Å². The fraction of sp³-hybridized carbons (Fsp3) is 0.462. The minimum absolute atomic E-state index is 0.367. The van der Waals surface area contributed by atoms with Crippen molar-refractivity contribution >= 4 is 18.1 Å². The number of carbonyl (C=O) groups is 2. The second-order valence-corrected chi connectivity index (χ2v) is 5.06. The first kappa shape index (κ1) is 14.2. The summed E-state index contributed by atoms with van der Waals surface area (Å²) in [5.41, 5.74) is 1.51. The van der Waals surface area contributed by atoms with Gasteiger partial charge < -0.3 is 4.74 Å². The topological polar surface area (TPSA) is 68.3 Å². The molecule has 98 valence electrons. The van der Waals surface area contributed by atoms with E-state index in [1.807, 2.05) is 0 Å². The normalized spacial score (nSPS) is 10.9. The van der Waals surface area contributed by atoms with Gasteiger partial charge in [0.15, 0.2) is 6.29 Å². The number of anilines is 1. The third-order valence-electron chi connectivity index (χ3n) is 2.13. The zero-order valence-electron chi connectivity index (χ0n) is 11.3. The number of amides is 1. The van der Waals surface area contributed by atoms with E-state index in [0.29, 0.717) is 23.2 Å². The molecule has 5 nitrogen and oxygen atoms in total. The van der Waals surface area contributed by atoms with Gasteiger partial charge in [-0.1, -0.05) is 0 Å². The Hall–Kier alpha value is -1.91. The highest BCUT2D eigenvalue weighted by molar-refractivity contribution is 5.94. The fourth-order valence-corrected chi connectivity index (χ4v) is 1.50. The first-order valence-electron chi connectivity index (χ1n) is 5.66. The maximum absolute atomic E-state index is 11.6. The van der Waals surface area contributed by atoms with E-state index in [0.717, 1.165) is 5.69 Å². The Bertz CT molecular complexity index is 476. The summed E-state index contributed by atoms with van der Waals surface area (Å²) in [5, 5.41) is 2.57. The standard InChI is InChI=1S/C13H18N2O3/c1-8-6-11(10(7-16)9(2)14-8)15-12(17)18-13(3,4)5/h6-7H,1-5H3,(H,14,15,17). The van der Waals surface area contributed by atoms with Gasteiger partial charge in [0.2, 0.25) is 0 Å². The average Bonchev–Trinajstić information content (AvgIpc) is 2.13. The number of nitrogens with zero attached hydrogens (tertiary/aromatic N) is 1. The Morgan fingerprint density at radius 2 is 2.00 bits per heavy atom. The van der Waals surface area contributed by atoms with Crippen LogP contribution in [-0.4, -0.2) is 23.0 Å². The van der Waals surface area contributed by atoms with Crippen LogP contribution in [0.25, 0.3) is 0 Å². The minimum Gasteiger partial charge on any atom is -0.444 e. The molecule has 0 radical (unpaired) electrons. The van der Waals surface area contributed by atoms with Crippen molar-refractivity contribution in [3.05, 3.63) is 23.0 Å². The fourth-order valence-electron chi connectivity index (χ4n) is 1.50. The maximum atomic E-state index is 11.6. The van der Waals surface area contributed by atoms with Gasteiger partial charge in [0.1, 0.15) is 5.60 Å². The predicted molar refractivity (Wildman–Crippen MR) is 69.0 cm³/mol. The zero-order chi connectivity index (χ0) is 13.9. The molecule has 0 saturated carbocycles. The summed E-state index contributed by atoms with van der Waals surface area (Å²) in [5.74, 6) is 0. The number of aromatic nitrogens is 1. The molecule has 0 aliphatic heterocycles. The summed E-state index contributed by atoms with van der Waals surface area (Å²) in [4.78, 5) is 26.8. The van der Waals surface area contributed by atoms with Crippen LogP contribution in [0.15, 0.2) is 6.07 Å².